The second kappa shape index (κ2) is 5.66. The Morgan fingerprint density at radius 3 is 2.89 bits per heavy atom. The van der Waals surface area contributed by atoms with Crippen molar-refractivity contribution < 1.29 is 0 Å². The molecular weight excluding hydrogens is 230 g/mol. The molecule has 1 aliphatic heterocycles. The van der Waals surface area contributed by atoms with Gasteiger partial charge in [-0.15, -0.1) is 0 Å². The quantitative estimate of drug-likeness (QED) is 0.842. The fourth-order valence-electron chi connectivity index (χ4n) is 3.81. The van der Waals surface area contributed by atoms with Gasteiger partial charge in [-0.3, -0.25) is 0 Å². The zero-order chi connectivity index (χ0) is 13.1. The van der Waals surface area contributed by atoms with Crippen LogP contribution in [0.2, 0.25) is 0 Å². The van der Waals surface area contributed by atoms with Crippen LogP contribution in [-0.4, -0.2) is 6.54 Å². The summed E-state index contributed by atoms with van der Waals surface area (Å²) in [7, 11) is 0. The van der Waals surface area contributed by atoms with E-state index in [1.807, 2.05) is 0 Å². The molecule has 0 amide bonds. The molecule has 0 bridgehead atoms. The molecule has 2 aliphatic rings. The Kier molecular flexibility index (Phi) is 3.93. The number of aryl methyl sites for hydroxylation is 1. The molecule has 2 fully saturated rings. The summed E-state index contributed by atoms with van der Waals surface area (Å²) in [5.41, 5.74) is 3.40. The lowest BCUT2D eigenvalue weighted by molar-refractivity contribution is 0.279. The predicted molar refractivity (Wildman–Crippen MR) is 81.3 cm³/mol. The zero-order valence-electron chi connectivity index (χ0n) is 12.3. The summed E-state index contributed by atoms with van der Waals surface area (Å²) in [6.07, 6.45) is 10.8. The van der Waals surface area contributed by atoms with E-state index >= 15 is 0 Å². The highest BCUT2D eigenvalue weighted by atomic mass is 15.0. The van der Waals surface area contributed by atoms with Crippen molar-refractivity contribution in [2.45, 2.75) is 63.8 Å². The van der Waals surface area contributed by atoms with Gasteiger partial charge in [-0.05, 0) is 55.7 Å². The molecule has 1 aromatic carbocycles. The molecule has 1 nitrogen and oxygen atoms in total. The number of hydrogen-bond donors (Lipinski definition) is 1. The molecule has 0 radical (unpaired) electrons. The Morgan fingerprint density at radius 1 is 1.21 bits per heavy atom. The molecule has 1 aromatic rings. The van der Waals surface area contributed by atoms with Gasteiger partial charge < -0.3 is 5.32 Å². The van der Waals surface area contributed by atoms with Crippen molar-refractivity contribution >= 4 is 0 Å². The lowest BCUT2D eigenvalue weighted by atomic mass is 9.80. The fourth-order valence-corrected chi connectivity index (χ4v) is 3.81. The standard InChI is InChI=1S/C18H27N/c1-2-7-15-8-6-9-17(14-15)18(16-10-11-16)12-4-3-5-13-19-18/h6,8-9,14,16,19H,2-5,7,10-13H2,1H3. The van der Waals surface area contributed by atoms with Crippen molar-refractivity contribution in [3.63, 3.8) is 0 Å². The van der Waals surface area contributed by atoms with E-state index in [1.165, 1.54) is 63.5 Å². The first-order valence-corrected chi connectivity index (χ1v) is 8.19. The van der Waals surface area contributed by atoms with Crippen molar-refractivity contribution in [3.05, 3.63) is 35.4 Å². The molecule has 0 spiro atoms. The Morgan fingerprint density at radius 2 is 2.11 bits per heavy atom. The lowest BCUT2D eigenvalue weighted by Gasteiger charge is -2.35. The van der Waals surface area contributed by atoms with Gasteiger partial charge in [0, 0.05) is 5.54 Å². The molecule has 1 N–H and O–H groups in total. The molecule has 0 aromatic heterocycles. The molecule has 1 saturated heterocycles. The molecule has 104 valence electrons. The summed E-state index contributed by atoms with van der Waals surface area (Å²) >= 11 is 0. The summed E-state index contributed by atoms with van der Waals surface area (Å²) in [4.78, 5) is 0. The van der Waals surface area contributed by atoms with E-state index in [1.54, 1.807) is 5.56 Å². The fraction of sp³-hybridized carbons (Fsp3) is 0.667. The van der Waals surface area contributed by atoms with Crippen LogP contribution < -0.4 is 5.32 Å². The van der Waals surface area contributed by atoms with Crippen LogP contribution >= 0.6 is 0 Å². The zero-order valence-corrected chi connectivity index (χ0v) is 12.3. The molecule has 3 rings (SSSR count). The van der Waals surface area contributed by atoms with Crippen molar-refractivity contribution in [3.8, 4) is 0 Å². The average molecular weight is 257 g/mol. The number of hydrogen-bond acceptors (Lipinski definition) is 1. The third kappa shape index (κ3) is 2.72. The Balaban J connectivity index is 1.92. The summed E-state index contributed by atoms with van der Waals surface area (Å²) in [5, 5.41) is 3.94. The van der Waals surface area contributed by atoms with Crippen LogP contribution in [0.4, 0.5) is 0 Å². The van der Waals surface area contributed by atoms with E-state index in [0.29, 0.717) is 5.54 Å². The maximum atomic E-state index is 3.94. The maximum Gasteiger partial charge on any atom is 0.0463 e. The number of rotatable bonds is 4. The van der Waals surface area contributed by atoms with E-state index in [-0.39, 0.29) is 0 Å². The van der Waals surface area contributed by atoms with Gasteiger partial charge >= 0.3 is 0 Å². The summed E-state index contributed by atoms with van der Waals surface area (Å²) < 4.78 is 0. The van der Waals surface area contributed by atoms with Gasteiger partial charge in [0.1, 0.15) is 0 Å². The van der Waals surface area contributed by atoms with Gasteiger partial charge in [-0.25, -0.2) is 0 Å². The van der Waals surface area contributed by atoms with Gasteiger partial charge in [-0.1, -0.05) is 50.5 Å². The Bertz CT molecular complexity index is 411. The summed E-state index contributed by atoms with van der Waals surface area (Å²) in [6, 6.07) is 9.43. The largest absolute Gasteiger partial charge is 0.307 e. The minimum atomic E-state index is 0.306. The maximum absolute atomic E-state index is 3.94. The van der Waals surface area contributed by atoms with Crippen molar-refractivity contribution in [2.24, 2.45) is 5.92 Å². The first-order chi connectivity index (χ1) is 9.35. The molecule has 1 unspecified atom stereocenters. The van der Waals surface area contributed by atoms with Crippen LogP contribution in [0.25, 0.3) is 0 Å². The second-order valence-electron chi connectivity index (χ2n) is 6.43. The van der Waals surface area contributed by atoms with Crippen LogP contribution in [0.15, 0.2) is 24.3 Å². The topological polar surface area (TPSA) is 12.0 Å². The smallest absolute Gasteiger partial charge is 0.0463 e. The molecule has 19 heavy (non-hydrogen) atoms. The highest BCUT2D eigenvalue weighted by molar-refractivity contribution is 5.32. The van der Waals surface area contributed by atoms with Crippen LogP contribution in [-0.2, 0) is 12.0 Å². The van der Waals surface area contributed by atoms with E-state index in [0.717, 1.165) is 5.92 Å². The van der Waals surface area contributed by atoms with Crippen molar-refractivity contribution in [2.75, 3.05) is 6.54 Å². The SMILES string of the molecule is CCCc1cccc(C2(C3CC3)CCCCCN2)c1. The Labute approximate surface area is 117 Å². The van der Waals surface area contributed by atoms with Crippen molar-refractivity contribution in [1.82, 2.24) is 5.32 Å². The highest BCUT2D eigenvalue weighted by Gasteiger charge is 2.46. The van der Waals surface area contributed by atoms with Crippen LogP contribution in [0.3, 0.4) is 0 Å². The Hall–Kier alpha value is -0.820. The predicted octanol–water partition coefficient (Wildman–Crippen LogP) is 4.41. The van der Waals surface area contributed by atoms with E-state index in [2.05, 4.69) is 36.5 Å². The minimum Gasteiger partial charge on any atom is -0.307 e. The van der Waals surface area contributed by atoms with Gasteiger partial charge in [0.2, 0.25) is 0 Å². The summed E-state index contributed by atoms with van der Waals surface area (Å²) in [6.45, 7) is 3.47. The van der Waals surface area contributed by atoms with E-state index in [9.17, 15) is 0 Å². The minimum absolute atomic E-state index is 0.306. The van der Waals surface area contributed by atoms with Crippen molar-refractivity contribution in [1.29, 1.82) is 0 Å². The molecule has 1 heteroatoms. The first kappa shape index (κ1) is 13.2. The van der Waals surface area contributed by atoms with Gasteiger partial charge in [0.25, 0.3) is 0 Å². The molecular formula is C18H27N. The van der Waals surface area contributed by atoms with E-state index < -0.39 is 0 Å². The third-order valence-corrected chi connectivity index (χ3v) is 4.94. The normalized spacial score (nSPS) is 28.1. The van der Waals surface area contributed by atoms with Crippen LogP contribution in [0.1, 0.15) is 63.0 Å². The number of benzene rings is 1. The highest BCUT2D eigenvalue weighted by Crippen LogP contribution is 2.49. The van der Waals surface area contributed by atoms with Gasteiger partial charge in [0.15, 0.2) is 0 Å². The van der Waals surface area contributed by atoms with Gasteiger partial charge in [-0.2, -0.15) is 0 Å². The average Bonchev–Trinajstić information content (AvgIpc) is 3.26. The van der Waals surface area contributed by atoms with Crippen LogP contribution in [0, 0.1) is 5.92 Å². The lowest BCUT2D eigenvalue weighted by Crippen LogP contribution is -2.44. The van der Waals surface area contributed by atoms with Gasteiger partial charge in [0.05, 0.1) is 0 Å². The molecule has 1 saturated carbocycles. The van der Waals surface area contributed by atoms with Crippen LogP contribution in [0.5, 0.6) is 0 Å². The molecule has 1 aliphatic carbocycles. The third-order valence-electron chi connectivity index (χ3n) is 4.94. The number of nitrogens with one attached hydrogen (secondary N) is 1. The summed E-state index contributed by atoms with van der Waals surface area (Å²) in [5.74, 6) is 0.891. The molecule has 1 atom stereocenters. The second-order valence-corrected chi connectivity index (χ2v) is 6.43. The first-order valence-electron chi connectivity index (χ1n) is 8.19. The monoisotopic (exact) mass is 257 g/mol. The van der Waals surface area contributed by atoms with E-state index in [4.69, 9.17) is 0 Å². The molecule has 1 heterocycles.